The normalized spacial score (nSPS) is 10.7. The average molecular weight is 455 g/mol. The van der Waals surface area contributed by atoms with E-state index in [1.807, 2.05) is 0 Å². The first-order valence-electron chi connectivity index (χ1n) is 8.57. The molecule has 0 spiro atoms. The van der Waals surface area contributed by atoms with E-state index in [-0.39, 0.29) is 39.2 Å². The smallest absolute Gasteiger partial charge is 0.345 e. The summed E-state index contributed by atoms with van der Waals surface area (Å²) >= 11 is 6.24. The van der Waals surface area contributed by atoms with Crippen LogP contribution < -0.4 is 8.92 Å². The number of esters is 2. The number of hydrogen-bond acceptors (Lipinski definition) is 8. The lowest BCUT2D eigenvalue weighted by atomic mass is 10.1. The lowest BCUT2D eigenvalue weighted by Gasteiger charge is -2.14. The van der Waals surface area contributed by atoms with Gasteiger partial charge in [-0.15, -0.1) is 0 Å². The Morgan fingerprint density at radius 1 is 1.03 bits per heavy atom. The predicted molar refractivity (Wildman–Crippen MR) is 109 cm³/mol. The van der Waals surface area contributed by atoms with Crippen molar-refractivity contribution in [2.45, 2.75) is 11.8 Å². The van der Waals surface area contributed by atoms with Crippen molar-refractivity contribution in [3.8, 4) is 11.5 Å². The molecule has 0 N–H and O–H groups in total. The number of ether oxygens (including phenoxy) is 3. The summed E-state index contributed by atoms with van der Waals surface area (Å²) in [4.78, 5) is 23.7. The van der Waals surface area contributed by atoms with Crippen molar-refractivity contribution in [1.29, 1.82) is 0 Å². The topological polar surface area (TPSA) is 105 Å². The minimum absolute atomic E-state index is 0.00448. The van der Waals surface area contributed by atoms with Crippen molar-refractivity contribution in [3.63, 3.8) is 0 Å². The molecule has 160 valence electrons. The van der Waals surface area contributed by atoms with Crippen LogP contribution in [0.25, 0.3) is 6.08 Å². The fourth-order valence-corrected chi connectivity index (χ4v) is 3.63. The highest BCUT2D eigenvalue weighted by atomic mass is 35.5. The molecule has 0 aliphatic carbocycles. The van der Waals surface area contributed by atoms with Crippen molar-refractivity contribution >= 4 is 39.7 Å². The third-order valence-electron chi connectivity index (χ3n) is 3.68. The van der Waals surface area contributed by atoms with Crippen LogP contribution in [-0.4, -0.2) is 41.2 Å². The van der Waals surface area contributed by atoms with E-state index in [0.717, 1.165) is 14.2 Å². The second kappa shape index (κ2) is 10.1. The number of benzene rings is 2. The maximum absolute atomic E-state index is 12.6. The molecule has 0 bridgehead atoms. The Morgan fingerprint density at radius 3 is 2.17 bits per heavy atom. The van der Waals surface area contributed by atoms with Crippen LogP contribution in [0.1, 0.15) is 12.5 Å². The Morgan fingerprint density at radius 2 is 1.63 bits per heavy atom. The summed E-state index contributed by atoms with van der Waals surface area (Å²) in [6, 6.07) is 10.2. The van der Waals surface area contributed by atoms with Crippen LogP contribution in [-0.2, 0) is 29.2 Å². The van der Waals surface area contributed by atoms with E-state index in [1.165, 1.54) is 30.3 Å². The molecule has 0 heterocycles. The van der Waals surface area contributed by atoms with Gasteiger partial charge in [0.25, 0.3) is 0 Å². The van der Waals surface area contributed by atoms with Gasteiger partial charge in [0.2, 0.25) is 5.75 Å². The molecule has 10 heteroatoms. The monoisotopic (exact) mass is 454 g/mol. The first kappa shape index (κ1) is 23.2. The highest BCUT2D eigenvalue weighted by Crippen LogP contribution is 2.39. The zero-order valence-corrected chi connectivity index (χ0v) is 18.0. The van der Waals surface area contributed by atoms with Crippen molar-refractivity contribution in [1.82, 2.24) is 0 Å². The molecule has 2 aromatic rings. The Hall–Kier alpha value is -3.04. The van der Waals surface area contributed by atoms with Gasteiger partial charge >= 0.3 is 22.1 Å². The van der Waals surface area contributed by atoms with Crippen LogP contribution in [0.2, 0.25) is 5.02 Å². The van der Waals surface area contributed by atoms with Crippen LogP contribution in [0.15, 0.2) is 52.9 Å². The highest BCUT2D eigenvalue weighted by molar-refractivity contribution is 7.87. The average Bonchev–Trinajstić information content (AvgIpc) is 2.74. The van der Waals surface area contributed by atoms with Gasteiger partial charge in [0.1, 0.15) is 10.5 Å². The Bertz CT molecular complexity index is 1040. The summed E-state index contributed by atoms with van der Waals surface area (Å²) in [6.07, 6.45) is 1.18. The molecule has 0 fully saturated rings. The Labute approximate surface area is 179 Å². The van der Waals surface area contributed by atoms with E-state index in [2.05, 4.69) is 9.47 Å². The first-order valence-corrected chi connectivity index (χ1v) is 10.4. The van der Waals surface area contributed by atoms with Gasteiger partial charge in [-0.2, -0.15) is 8.42 Å². The predicted octanol–water partition coefficient (Wildman–Crippen LogP) is 3.24. The molecule has 0 saturated carbocycles. The number of hydrogen-bond donors (Lipinski definition) is 0. The second-order valence-electron chi connectivity index (χ2n) is 5.65. The molecule has 0 aliphatic heterocycles. The van der Waals surface area contributed by atoms with Crippen LogP contribution in [0.4, 0.5) is 0 Å². The van der Waals surface area contributed by atoms with Gasteiger partial charge in [0.15, 0.2) is 5.75 Å². The molecule has 8 nitrogen and oxygen atoms in total. The summed E-state index contributed by atoms with van der Waals surface area (Å²) in [6.45, 7) is 1.85. The standard InChI is InChI=1S/C20H19ClO8S/c1-4-28-17-12-13(10-15(19(22)26-2)20(23)27-3)11-16(21)18(17)29-30(24,25)14-8-6-5-7-9-14/h5-12H,4H2,1-3H3. The Balaban J connectivity index is 2.54. The number of halogens is 1. The molecule has 0 unspecified atom stereocenters. The lowest BCUT2D eigenvalue weighted by Crippen LogP contribution is -2.15. The molecule has 0 amide bonds. The zero-order chi connectivity index (χ0) is 22.3. The van der Waals surface area contributed by atoms with E-state index in [4.69, 9.17) is 20.5 Å². The summed E-state index contributed by atoms with van der Waals surface area (Å²) in [7, 11) is -1.95. The summed E-state index contributed by atoms with van der Waals surface area (Å²) in [5.41, 5.74) is -0.122. The Kier molecular flexibility index (Phi) is 7.85. The second-order valence-corrected chi connectivity index (χ2v) is 7.61. The van der Waals surface area contributed by atoms with Gasteiger partial charge in [-0.1, -0.05) is 29.8 Å². The molecular weight excluding hydrogens is 436 g/mol. The quantitative estimate of drug-likeness (QED) is 0.197. The molecular formula is C20H19ClO8S. The molecule has 30 heavy (non-hydrogen) atoms. The van der Waals surface area contributed by atoms with Crippen LogP contribution >= 0.6 is 11.6 Å². The number of rotatable bonds is 8. The molecule has 2 aromatic carbocycles. The summed E-state index contributed by atoms with van der Waals surface area (Å²) < 4.78 is 44.9. The van der Waals surface area contributed by atoms with Gasteiger partial charge in [0, 0.05) is 0 Å². The largest absolute Gasteiger partial charge is 0.490 e. The maximum atomic E-state index is 12.6. The van der Waals surface area contributed by atoms with Crippen LogP contribution in [0.3, 0.4) is 0 Å². The van der Waals surface area contributed by atoms with Gasteiger partial charge in [-0.3, -0.25) is 0 Å². The van der Waals surface area contributed by atoms with Gasteiger partial charge in [-0.05, 0) is 42.8 Å². The fourth-order valence-electron chi connectivity index (χ4n) is 2.35. The van der Waals surface area contributed by atoms with E-state index in [9.17, 15) is 18.0 Å². The van der Waals surface area contributed by atoms with E-state index >= 15 is 0 Å². The molecule has 0 aliphatic rings. The maximum Gasteiger partial charge on any atom is 0.345 e. The van der Waals surface area contributed by atoms with Crippen molar-refractivity contribution < 1.29 is 36.4 Å². The first-order chi connectivity index (χ1) is 14.2. The van der Waals surface area contributed by atoms with Crippen molar-refractivity contribution in [2.75, 3.05) is 20.8 Å². The SMILES string of the molecule is CCOc1cc(C=C(C(=O)OC)C(=O)OC)cc(Cl)c1OS(=O)(=O)c1ccccc1. The molecule has 0 radical (unpaired) electrons. The third kappa shape index (κ3) is 5.52. The molecule has 0 aromatic heterocycles. The van der Waals surface area contributed by atoms with Gasteiger partial charge < -0.3 is 18.4 Å². The number of carbonyl (C=O) groups excluding carboxylic acids is 2. The van der Waals surface area contributed by atoms with E-state index in [1.54, 1.807) is 25.1 Å². The molecule has 2 rings (SSSR count). The minimum Gasteiger partial charge on any atom is -0.490 e. The van der Waals surface area contributed by atoms with Gasteiger partial charge in [-0.25, -0.2) is 9.59 Å². The molecule has 0 atom stereocenters. The minimum atomic E-state index is -4.18. The summed E-state index contributed by atoms with van der Waals surface area (Å²) in [5.74, 6) is -2.05. The lowest BCUT2D eigenvalue weighted by molar-refractivity contribution is -0.143. The third-order valence-corrected chi connectivity index (χ3v) is 5.19. The highest BCUT2D eigenvalue weighted by Gasteiger charge is 2.24. The molecule has 0 saturated heterocycles. The van der Waals surface area contributed by atoms with E-state index < -0.39 is 22.1 Å². The van der Waals surface area contributed by atoms with Gasteiger partial charge in [0.05, 0.1) is 25.8 Å². The van der Waals surface area contributed by atoms with Crippen LogP contribution in [0.5, 0.6) is 11.5 Å². The summed E-state index contributed by atoms with van der Waals surface area (Å²) in [5, 5.41) is -0.110. The van der Waals surface area contributed by atoms with E-state index in [0.29, 0.717) is 0 Å². The van der Waals surface area contributed by atoms with Crippen molar-refractivity contribution in [2.24, 2.45) is 0 Å². The number of methoxy groups -OCH3 is 2. The van der Waals surface area contributed by atoms with Crippen LogP contribution in [0, 0.1) is 0 Å². The fraction of sp³-hybridized carbons (Fsp3) is 0.200. The van der Waals surface area contributed by atoms with Crippen molar-refractivity contribution in [3.05, 3.63) is 58.6 Å². The zero-order valence-electron chi connectivity index (χ0n) is 16.4. The number of carbonyl (C=O) groups is 2.